The van der Waals surface area contributed by atoms with E-state index in [9.17, 15) is 13.2 Å². The van der Waals surface area contributed by atoms with Crippen molar-refractivity contribution in [3.05, 3.63) is 40.2 Å². The monoisotopic (exact) mass is 403 g/mol. The molecule has 2 rings (SSSR count). The first kappa shape index (κ1) is 19.6. The maximum atomic E-state index is 12.1. The van der Waals surface area contributed by atoms with E-state index in [-0.39, 0.29) is 4.21 Å². The Balaban J connectivity index is 1.88. The third-order valence-electron chi connectivity index (χ3n) is 3.36. The van der Waals surface area contributed by atoms with Crippen LogP contribution in [0.5, 0.6) is 11.5 Å². The van der Waals surface area contributed by atoms with Crippen LogP contribution in [0.4, 0.5) is 0 Å². The lowest BCUT2D eigenvalue weighted by molar-refractivity contribution is -0.118. The average Bonchev–Trinajstić information content (AvgIpc) is 3.01. The summed E-state index contributed by atoms with van der Waals surface area (Å²) in [6.07, 6.45) is 0.539. The van der Waals surface area contributed by atoms with E-state index in [0.717, 1.165) is 16.9 Å². The van der Waals surface area contributed by atoms with Crippen molar-refractivity contribution in [2.45, 2.75) is 10.6 Å². The lowest BCUT2D eigenvalue weighted by Crippen LogP contribution is -2.31. The minimum Gasteiger partial charge on any atom is -0.493 e. The first-order valence-corrected chi connectivity index (χ1v) is 10.2. The molecule has 9 heteroatoms. The summed E-state index contributed by atoms with van der Waals surface area (Å²) in [7, 11) is -0.567. The first-order chi connectivity index (χ1) is 11.9. The summed E-state index contributed by atoms with van der Waals surface area (Å²) in [6.45, 7) is 0.315. The highest BCUT2D eigenvalue weighted by atomic mass is 35.5. The maximum absolute atomic E-state index is 12.1. The Bertz CT molecular complexity index is 848. The second-order valence-electron chi connectivity index (χ2n) is 5.11. The zero-order valence-electron chi connectivity index (χ0n) is 13.7. The van der Waals surface area contributed by atoms with Gasteiger partial charge in [0.1, 0.15) is 9.96 Å². The number of rotatable bonds is 8. The summed E-state index contributed by atoms with van der Waals surface area (Å²) in [5.74, 6) is 0.0694. The molecule has 0 aliphatic carbocycles. The number of amides is 1. The van der Waals surface area contributed by atoms with Crippen LogP contribution in [0.25, 0.3) is 0 Å². The van der Waals surface area contributed by atoms with E-state index in [1.165, 1.54) is 12.1 Å². The van der Waals surface area contributed by atoms with E-state index < -0.39 is 21.5 Å². The lowest BCUT2D eigenvalue weighted by atomic mass is 10.1. The summed E-state index contributed by atoms with van der Waals surface area (Å²) < 4.78 is 35.0. The van der Waals surface area contributed by atoms with E-state index in [1.807, 2.05) is 12.1 Å². The fraction of sp³-hybridized carbons (Fsp3) is 0.312. The molecule has 0 saturated heterocycles. The summed E-state index contributed by atoms with van der Waals surface area (Å²) in [5.41, 5.74) is 0.936. The minimum atomic E-state index is -3.67. The fourth-order valence-electron chi connectivity index (χ4n) is 2.14. The van der Waals surface area contributed by atoms with Gasteiger partial charge in [0.25, 0.3) is 0 Å². The molecule has 6 nitrogen and oxygen atoms in total. The summed E-state index contributed by atoms with van der Waals surface area (Å²) in [5, 5.41) is 2.61. The Kier molecular flexibility index (Phi) is 6.69. The molecule has 0 radical (unpaired) electrons. The lowest BCUT2D eigenvalue weighted by Gasteiger charge is -2.10. The molecule has 0 aliphatic heterocycles. The average molecular weight is 404 g/mol. The van der Waals surface area contributed by atoms with Gasteiger partial charge in [-0.3, -0.25) is 4.79 Å². The molecule has 0 spiro atoms. The Morgan fingerprint density at radius 3 is 2.48 bits per heavy atom. The van der Waals surface area contributed by atoms with E-state index in [1.54, 1.807) is 20.3 Å². The Morgan fingerprint density at radius 1 is 1.16 bits per heavy atom. The number of benzene rings is 1. The summed E-state index contributed by atoms with van der Waals surface area (Å²) >= 11 is 6.67. The Labute approximate surface area is 155 Å². The molecule has 0 unspecified atom stereocenters. The van der Waals surface area contributed by atoms with Crippen molar-refractivity contribution in [3.63, 3.8) is 0 Å². The van der Waals surface area contributed by atoms with Crippen molar-refractivity contribution in [1.82, 2.24) is 5.32 Å². The second kappa shape index (κ2) is 8.55. The smallest absolute Gasteiger partial charge is 0.235 e. The van der Waals surface area contributed by atoms with Crippen molar-refractivity contribution in [3.8, 4) is 11.5 Å². The number of hydrogen-bond donors (Lipinski definition) is 1. The molecule has 0 bridgehead atoms. The second-order valence-corrected chi connectivity index (χ2v) is 9.04. The molecule has 25 heavy (non-hydrogen) atoms. The van der Waals surface area contributed by atoms with Gasteiger partial charge >= 0.3 is 0 Å². The van der Waals surface area contributed by atoms with Crippen molar-refractivity contribution in [2.24, 2.45) is 0 Å². The molecule has 1 N–H and O–H groups in total. The molecular formula is C16H18ClNO5S2. The number of nitrogens with one attached hydrogen (secondary N) is 1. The van der Waals surface area contributed by atoms with Gasteiger partial charge in [-0.05, 0) is 36.2 Å². The molecule has 0 fully saturated rings. The van der Waals surface area contributed by atoms with E-state index in [0.29, 0.717) is 28.8 Å². The van der Waals surface area contributed by atoms with Crippen molar-refractivity contribution >= 4 is 38.7 Å². The standard InChI is InChI=1S/C16H18ClNO5S2/c1-22-12-4-3-11(9-13(12)23-2)7-8-18-15(19)10-25(20,21)16-6-5-14(17)24-16/h3-6,9H,7-8,10H2,1-2H3,(H,18,19). The molecule has 0 atom stereocenters. The SMILES string of the molecule is COc1ccc(CCNC(=O)CS(=O)(=O)c2ccc(Cl)s2)cc1OC. The highest BCUT2D eigenvalue weighted by molar-refractivity contribution is 7.94. The van der Waals surface area contributed by atoms with Crippen LogP contribution in [0.15, 0.2) is 34.5 Å². The highest BCUT2D eigenvalue weighted by Crippen LogP contribution is 2.28. The van der Waals surface area contributed by atoms with Gasteiger partial charge < -0.3 is 14.8 Å². The van der Waals surface area contributed by atoms with Gasteiger partial charge in [0.05, 0.1) is 18.6 Å². The van der Waals surface area contributed by atoms with Crippen LogP contribution >= 0.6 is 22.9 Å². The Morgan fingerprint density at radius 2 is 1.88 bits per heavy atom. The van der Waals surface area contributed by atoms with Gasteiger partial charge in [-0.2, -0.15) is 0 Å². The molecule has 1 aromatic heterocycles. The normalized spacial score (nSPS) is 11.2. The minimum absolute atomic E-state index is 0.0903. The molecule has 136 valence electrons. The number of sulfone groups is 1. The molecular weight excluding hydrogens is 386 g/mol. The fourth-order valence-corrected chi connectivity index (χ4v) is 4.87. The molecule has 1 heterocycles. The number of carbonyl (C=O) groups is 1. The van der Waals surface area contributed by atoms with Crippen LogP contribution in [0, 0.1) is 0 Å². The van der Waals surface area contributed by atoms with Crippen molar-refractivity contribution in [2.75, 3.05) is 26.5 Å². The Hall–Kier alpha value is -1.77. The molecule has 1 aromatic carbocycles. The largest absolute Gasteiger partial charge is 0.493 e. The van der Waals surface area contributed by atoms with E-state index >= 15 is 0 Å². The molecule has 0 aliphatic rings. The quantitative estimate of drug-likeness (QED) is 0.732. The topological polar surface area (TPSA) is 81.7 Å². The van der Waals surface area contributed by atoms with Gasteiger partial charge in [0, 0.05) is 6.54 Å². The van der Waals surface area contributed by atoms with Crippen molar-refractivity contribution < 1.29 is 22.7 Å². The van der Waals surface area contributed by atoms with Crippen LogP contribution in [-0.4, -0.2) is 40.8 Å². The molecule has 0 saturated carbocycles. The number of thiophene rings is 1. The van der Waals surface area contributed by atoms with Crippen LogP contribution in [0.2, 0.25) is 4.34 Å². The van der Waals surface area contributed by atoms with Gasteiger partial charge in [-0.25, -0.2) is 8.42 Å². The summed E-state index contributed by atoms with van der Waals surface area (Å²) in [6, 6.07) is 8.35. The van der Waals surface area contributed by atoms with E-state index in [2.05, 4.69) is 5.32 Å². The zero-order valence-corrected chi connectivity index (χ0v) is 16.1. The predicted molar refractivity (Wildman–Crippen MR) is 97.6 cm³/mol. The van der Waals surface area contributed by atoms with Crippen LogP contribution in [0.3, 0.4) is 0 Å². The summed E-state index contributed by atoms with van der Waals surface area (Å²) in [4.78, 5) is 11.9. The first-order valence-electron chi connectivity index (χ1n) is 7.31. The highest BCUT2D eigenvalue weighted by Gasteiger charge is 2.21. The third-order valence-corrected chi connectivity index (χ3v) is 6.79. The zero-order chi connectivity index (χ0) is 18.4. The van der Waals surface area contributed by atoms with Gasteiger partial charge in [-0.15, -0.1) is 11.3 Å². The number of ether oxygens (including phenoxy) is 2. The van der Waals surface area contributed by atoms with E-state index in [4.69, 9.17) is 21.1 Å². The maximum Gasteiger partial charge on any atom is 0.235 e. The van der Waals surface area contributed by atoms with Gasteiger partial charge in [0.2, 0.25) is 5.91 Å². The van der Waals surface area contributed by atoms with Gasteiger partial charge in [0.15, 0.2) is 21.3 Å². The van der Waals surface area contributed by atoms with Crippen LogP contribution in [0.1, 0.15) is 5.56 Å². The van der Waals surface area contributed by atoms with Crippen LogP contribution in [-0.2, 0) is 21.1 Å². The van der Waals surface area contributed by atoms with Crippen LogP contribution < -0.4 is 14.8 Å². The number of carbonyl (C=O) groups excluding carboxylic acids is 1. The van der Waals surface area contributed by atoms with Gasteiger partial charge in [-0.1, -0.05) is 17.7 Å². The number of methoxy groups -OCH3 is 2. The third kappa shape index (κ3) is 5.35. The van der Waals surface area contributed by atoms with Crippen molar-refractivity contribution in [1.29, 1.82) is 0 Å². The number of halogens is 1. The molecule has 1 amide bonds. The predicted octanol–water partition coefficient (Wildman–Crippen LogP) is 2.55. The number of hydrogen-bond acceptors (Lipinski definition) is 6. The molecule has 2 aromatic rings.